The molecule has 4 heterocycles. The minimum absolute atomic E-state index is 0.0227. The number of pyridine rings is 2. The van der Waals surface area contributed by atoms with Gasteiger partial charge in [-0.05, 0) is 49.7 Å². The molecule has 0 spiro atoms. The number of hydrogen-bond acceptors (Lipinski definition) is 8. The van der Waals surface area contributed by atoms with Crippen molar-refractivity contribution in [2.75, 3.05) is 18.9 Å². The molecule has 0 saturated heterocycles. The Kier molecular flexibility index (Phi) is 7.55. The summed E-state index contributed by atoms with van der Waals surface area (Å²) in [5.74, 6) is -0.410. The average Bonchev–Trinajstić information content (AvgIpc) is 3.38. The van der Waals surface area contributed by atoms with Crippen LogP contribution < -0.4 is 11.1 Å². The van der Waals surface area contributed by atoms with Crippen LogP contribution in [-0.4, -0.2) is 48.8 Å². The first-order valence-corrected chi connectivity index (χ1v) is 12.8. The highest BCUT2D eigenvalue weighted by atomic mass is 16.5. The highest BCUT2D eigenvalue weighted by molar-refractivity contribution is 5.98. The van der Waals surface area contributed by atoms with Gasteiger partial charge in [0.05, 0.1) is 30.1 Å². The molecule has 5 aromatic rings. The molecule has 0 radical (unpaired) electrons. The molecule has 0 aliphatic carbocycles. The molecule has 0 saturated carbocycles. The van der Waals surface area contributed by atoms with Crippen LogP contribution in [0.25, 0.3) is 33.5 Å². The van der Waals surface area contributed by atoms with Crippen molar-refractivity contribution >= 4 is 22.6 Å². The van der Waals surface area contributed by atoms with E-state index in [9.17, 15) is 4.79 Å². The second-order valence-electron chi connectivity index (χ2n) is 9.14. The summed E-state index contributed by atoms with van der Waals surface area (Å²) in [6.07, 6.45) is 4.27. The van der Waals surface area contributed by atoms with E-state index in [0.717, 1.165) is 33.4 Å². The van der Waals surface area contributed by atoms with Gasteiger partial charge in [0.25, 0.3) is 5.91 Å². The Labute approximate surface area is 226 Å². The van der Waals surface area contributed by atoms with Crippen molar-refractivity contribution in [3.05, 3.63) is 83.6 Å². The molecule has 0 atom stereocenters. The normalized spacial score (nSPS) is 11.2. The Bertz CT molecular complexity index is 1650. The summed E-state index contributed by atoms with van der Waals surface area (Å²) in [5.41, 5.74) is 12.2. The van der Waals surface area contributed by atoms with Crippen LogP contribution in [0.1, 0.15) is 34.4 Å². The molecule has 3 N–H and O–H groups in total. The van der Waals surface area contributed by atoms with E-state index in [0.29, 0.717) is 36.7 Å². The maximum atomic E-state index is 13.3. The number of benzene rings is 1. The van der Waals surface area contributed by atoms with Gasteiger partial charge in [-0.25, -0.2) is 9.97 Å². The Morgan fingerprint density at radius 3 is 2.74 bits per heavy atom. The Morgan fingerprint density at radius 2 is 1.95 bits per heavy atom. The van der Waals surface area contributed by atoms with Crippen LogP contribution >= 0.6 is 0 Å². The standard InChI is InChI=1S/C29H30N8O2/c1-4-39-15-12-21-9-7-18(2)24(33-21)17-32-29(38)27-28(30)35-26(23-11-14-37(3)36-23)25(34-27)20-8-10-22-19(16-20)6-5-13-31-22/h5-11,13-14,16H,4,12,15,17H2,1-3H3,(H2,30,35)(H,32,38). The molecule has 0 bridgehead atoms. The number of carbonyl (C=O) groups excluding carboxylic acids is 1. The highest BCUT2D eigenvalue weighted by Crippen LogP contribution is 2.31. The predicted molar refractivity (Wildman–Crippen MR) is 150 cm³/mol. The number of rotatable bonds is 9. The van der Waals surface area contributed by atoms with Crippen LogP contribution in [0.4, 0.5) is 5.82 Å². The summed E-state index contributed by atoms with van der Waals surface area (Å²) in [5, 5.41) is 8.35. The number of nitrogen functional groups attached to an aromatic ring is 1. The van der Waals surface area contributed by atoms with Crippen LogP contribution in [0.2, 0.25) is 0 Å². The quantitative estimate of drug-likeness (QED) is 0.279. The van der Waals surface area contributed by atoms with E-state index in [2.05, 4.69) is 20.4 Å². The van der Waals surface area contributed by atoms with Gasteiger partial charge in [0, 0.05) is 49.1 Å². The largest absolute Gasteiger partial charge is 0.382 e. The molecule has 0 unspecified atom stereocenters. The lowest BCUT2D eigenvalue weighted by atomic mass is 10.0. The minimum Gasteiger partial charge on any atom is -0.382 e. The first-order valence-electron chi connectivity index (χ1n) is 12.8. The highest BCUT2D eigenvalue weighted by Gasteiger charge is 2.21. The predicted octanol–water partition coefficient (Wildman–Crippen LogP) is 3.89. The Morgan fingerprint density at radius 1 is 1.08 bits per heavy atom. The van der Waals surface area contributed by atoms with E-state index in [1.165, 1.54) is 0 Å². The summed E-state index contributed by atoms with van der Waals surface area (Å²) >= 11 is 0. The lowest BCUT2D eigenvalue weighted by molar-refractivity contribution is 0.0946. The number of aryl methyl sites for hydroxylation is 2. The molecule has 0 aliphatic rings. The molecule has 198 valence electrons. The third-order valence-corrected chi connectivity index (χ3v) is 6.35. The number of ether oxygens (including phenoxy) is 1. The number of nitrogens with two attached hydrogens (primary N) is 1. The smallest absolute Gasteiger partial charge is 0.274 e. The second kappa shape index (κ2) is 11.4. The van der Waals surface area contributed by atoms with Gasteiger partial charge in [-0.15, -0.1) is 0 Å². The van der Waals surface area contributed by atoms with Gasteiger partial charge in [0.2, 0.25) is 0 Å². The van der Waals surface area contributed by atoms with Crippen molar-refractivity contribution in [1.82, 2.24) is 35.0 Å². The first kappa shape index (κ1) is 25.9. The van der Waals surface area contributed by atoms with Crippen molar-refractivity contribution in [3.8, 4) is 22.6 Å². The molecule has 39 heavy (non-hydrogen) atoms. The van der Waals surface area contributed by atoms with Crippen molar-refractivity contribution in [3.63, 3.8) is 0 Å². The zero-order valence-electron chi connectivity index (χ0n) is 22.2. The molecule has 0 fully saturated rings. The summed E-state index contributed by atoms with van der Waals surface area (Å²) < 4.78 is 7.12. The van der Waals surface area contributed by atoms with E-state index in [1.54, 1.807) is 10.9 Å². The van der Waals surface area contributed by atoms with Crippen molar-refractivity contribution < 1.29 is 9.53 Å². The van der Waals surface area contributed by atoms with Crippen molar-refractivity contribution in [1.29, 1.82) is 0 Å². The van der Waals surface area contributed by atoms with Gasteiger partial charge in [-0.1, -0.05) is 18.2 Å². The molecule has 5 rings (SSSR count). The fourth-order valence-electron chi connectivity index (χ4n) is 4.26. The summed E-state index contributed by atoms with van der Waals surface area (Å²) in [6, 6.07) is 15.5. The zero-order chi connectivity index (χ0) is 27.4. The van der Waals surface area contributed by atoms with E-state index in [1.807, 2.05) is 75.6 Å². The maximum Gasteiger partial charge on any atom is 0.274 e. The molecular formula is C29H30N8O2. The number of anilines is 1. The fraction of sp³-hybridized carbons (Fsp3) is 0.241. The van der Waals surface area contributed by atoms with Gasteiger partial charge >= 0.3 is 0 Å². The fourth-order valence-corrected chi connectivity index (χ4v) is 4.26. The molecule has 1 aromatic carbocycles. The molecule has 1 amide bonds. The number of amides is 1. The number of nitrogens with zero attached hydrogens (tertiary/aromatic N) is 6. The Hall–Kier alpha value is -4.70. The Balaban J connectivity index is 1.47. The van der Waals surface area contributed by atoms with Crippen molar-refractivity contribution in [2.45, 2.75) is 26.8 Å². The van der Waals surface area contributed by atoms with Gasteiger partial charge in [0.15, 0.2) is 11.5 Å². The lowest BCUT2D eigenvalue weighted by Gasteiger charge is -2.13. The number of nitrogens with one attached hydrogen (secondary N) is 1. The molecular weight excluding hydrogens is 492 g/mol. The SMILES string of the molecule is CCOCCc1ccc(C)c(CNC(=O)c2nc(-c3ccc4ncccc4c3)c(-c3ccn(C)n3)nc2N)n1. The van der Waals surface area contributed by atoms with E-state index >= 15 is 0 Å². The lowest BCUT2D eigenvalue weighted by Crippen LogP contribution is -2.27. The minimum atomic E-state index is -0.433. The number of fused-ring (bicyclic) bond motifs is 1. The van der Waals surface area contributed by atoms with Crippen molar-refractivity contribution in [2.24, 2.45) is 7.05 Å². The third-order valence-electron chi connectivity index (χ3n) is 6.35. The van der Waals surface area contributed by atoms with Crippen LogP contribution in [-0.2, 0) is 24.8 Å². The maximum absolute atomic E-state index is 13.3. The molecule has 4 aromatic heterocycles. The van der Waals surface area contributed by atoms with Gasteiger partial charge in [-0.2, -0.15) is 5.10 Å². The monoisotopic (exact) mass is 522 g/mol. The van der Waals surface area contributed by atoms with Crippen LogP contribution in [0.15, 0.2) is 60.9 Å². The number of hydrogen-bond donors (Lipinski definition) is 2. The topological polar surface area (TPSA) is 134 Å². The zero-order valence-corrected chi connectivity index (χ0v) is 22.2. The number of aromatic nitrogens is 6. The van der Waals surface area contributed by atoms with Gasteiger partial charge in [-0.3, -0.25) is 19.4 Å². The second-order valence-corrected chi connectivity index (χ2v) is 9.14. The van der Waals surface area contributed by atoms with Gasteiger partial charge in [0.1, 0.15) is 11.4 Å². The summed E-state index contributed by atoms with van der Waals surface area (Å²) in [7, 11) is 1.82. The van der Waals surface area contributed by atoms with Crippen LogP contribution in [0.5, 0.6) is 0 Å². The third kappa shape index (κ3) is 5.75. The average molecular weight is 523 g/mol. The molecule has 10 nitrogen and oxygen atoms in total. The van der Waals surface area contributed by atoms with Gasteiger partial charge < -0.3 is 15.8 Å². The molecule has 0 aliphatic heterocycles. The van der Waals surface area contributed by atoms with E-state index in [4.69, 9.17) is 20.4 Å². The van der Waals surface area contributed by atoms with Crippen LogP contribution in [0, 0.1) is 6.92 Å². The number of carbonyl (C=O) groups is 1. The van der Waals surface area contributed by atoms with E-state index < -0.39 is 5.91 Å². The summed E-state index contributed by atoms with van der Waals surface area (Å²) in [6.45, 7) is 5.41. The molecule has 10 heteroatoms. The van der Waals surface area contributed by atoms with E-state index in [-0.39, 0.29) is 18.1 Å². The van der Waals surface area contributed by atoms with Crippen LogP contribution in [0.3, 0.4) is 0 Å². The first-order chi connectivity index (χ1) is 18.9. The summed E-state index contributed by atoms with van der Waals surface area (Å²) in [4.78, 5) is 31.8.